The molecule has 4 heterocycles. The average Bonchev–Trinajstić information content (AvgIpc) is 3.35. The minimum absolute atomic E-state index is 0.146. The largest absolute Gasteiger partial charge is 0.350 e. The second-order valence-corrected chi connectivity index (χ2v) is 7.13. The number of aromatic nitrogens is 6. The molecule has 0 unspecified atom stereocenters. The topological polar surface area (TPSA) is 81.6 Å². The molecular weight excluding hydrogens is 380 g/mol. The van der Waals surface area contributed by atoms with Crippen molar-refractivity contribution in [3.8, 4) is 11.1 Å². The van der Waals surface area contributed by atoms with Crippen LogP contribution < -0.4 is 5.32 Å². The zero-order valence-electron chi connectivity index (χ0n) is 15.4. The molecule has 0 atom stereocenters. The van der Waals surface area contributed by atoms with Crippen molar-refractivity contribution in [1.29, 1.82) is 0 Å². The molecule has 1 fully saturated rings. The Labute approximate surface area is 164 Å². The zero-order valence-corrected chi connectivity index (χ0v) is 15.4. The van der Waals surface area contributed by atoms with E-state index >= 15 is 0 Å². The first-order valence-electron chi connectivity index (χ1n) is 9.49. The van der Waals surface area contributed by atoms with E-state index in [2.05, 4.69) is 30.1 Å². The third-order valence-corrected chi connectivity index (χ3v) is 5.28. The van der Waals surface area contributed by atoms with Gasteiger partial charge in [-0.25, -0.2) is 19.5 Å². The van der Waals surface area contributed by atoms with Gasteiger partial charge in [0.1, 0.15) is 0 Å². The van der Waals surface area contributed by atoms with Gasteiger partial charge in [-0.2, -0.15) is 8.78 Å². The minimum atomic E-state index is -2.71. The highest BCUT2D eigenvalue weighted by atomic mass is 19.3. The van der Waals surface area contributed by atoms with Gasteiger partial charge >= 0.3 is 6.61 Å². The molecule has 0 amide bonds. The van der Waals surface area contributed by atoms with Gasteiger partial charge in [-0.15, -0.1) is 5.10 Å². The summed E-state index contributed by atoms with van der Waals surface area (Å²) in [4.78, 5) is 13.0. The van der Waals surface area contributed by atoms with E-state index in [-0.39, 0.29) is 12.1 Å². The summed E-state index contributed by atoms with van der Waals surface area (Å²) in [5.41, 5.74) is 2.79. The zero-order chi connectivity index (χ0) is 19.8. The lowest BCUT2D eigenvalue weighted by Gasteiger charge is -2.28. The molecule has 8 nitrogen and oxygen atoms in total. The summed E-state index contributed by atoms with van der Waals surface area (Å²) in [6.07, 6.45) is 13.3. The van der Waals surface area contributed by atoms with E-state index in [1.165, 1.54) is 0 Å². The number of hydrogen-bond acceptors (Lipinski definition) is 6. The molecule has 0 radical (unpaired) electrons. The molecule has 10 heteroatoms. The highest BCUT2D eigenvalue weighted by Gasteiger charge is 2.24. The van der Waals surface area contributed by atoms with Crippen molar-refractivity contribution < 1.29 is 13.5 Å². The molecule has 0 aromatic carbocycles. The van der Waals surface area contributed by atoms with E-state index < -0.39 is 6.61 Å². The molecule has 150 valence electrons. The molecule has 29 heavy (non-hydrogen) atoms. The molecule has 0 aliphatic heterocycles. The van der Waals surface area contributed by atoms with Crippen LogP contribution in [-0.4, -0.2) is 47.7 Å². The maximum atomic E-state index is 12.3. The molecule has 1 N–H and O–H groups in total. The van der Waals surface area contributed by atoms with E-state index in [1.807, 2.05) is 29.1 Å². The number of anilines is 1. The monoisotopic (exact) mass is 399 g/mol. The van der Waals surface area contributed by atoms with Crippen LogP contribution in [0, 0.1) is 0 Å². The van der Waals surface area contributed by atoms with Crippen LogP contribution in [0.5, 0.6) is 0 Å². The molecule has 0 saturated heterocycles. The lowest BCUT2D eigenvalue weighted by Crippen LogP contribution is -2.31. The maximum absolute atomic E-state index is 12.3. The first-order chi connectivity index (χ1) is 14.2. The fraction of sp³-hybridized carbons (Fsp3) is 0.368. The van der Waals surface area contributed by atoms with Gasteiger partial charge in [0.25, 0.3) is 0 Å². The highest BCUT2D eigenvalue weighted by Crippen LogP contribution is 2.27. The molecule has 5 rings (SSSR count). The SMILES string of the molecule is FC(F)OC1CCC(Nc2ncc3c(-c4cnc5nccn5c4)ccn3n2)CC1. The lowest BCUT2D eigenvalue weighted by atomic mass is 9.93. The Kier molecular flexibility index (Phi) is 4.55. The van der Waals surface area contributed by atoms with Gasteiger partial charge in [-0.1, -0.05) is 0 Å². The molecule has 4 aromatic rings. The Morgan fingerprint density at radius 1 is 1.07 bits per heavy atom. The number of ether oxygens (including phenoxy) is 1. The number of alkyl halides is 2. The van der Waals surface area contributed by atoms with E-state index in [0.29, 0.717) is 24.6 Å². The van der Waals surface area contributed by atoms with Crippen molar-refractivity contribution in [2.24, 2.45) is 0 Å². The molecule has 1 aliphatic rings. The van der Waals surface area contributed by atoms with Gasteiger partial charge in [-0.05, 0) is 31.7 Å². The molecule has 4 aromatic heterocycles. The predicted molar refractivity (Wildman–Crippen MR) is 102 cm³/mol. The number of halogens is 2. The maximum Gasteiger partial charge on any atom is 0.345 e. The summed E-state index contributed by atoms with van der Waals surface area (Å²) in [7, 11) is 0. The Morgan fingerprint density at radius 2 is 1.93 bits per heavy atom. The van der Waals surface area contributed by atoms with Crippen LogP contribution in [0.15, 0.2) is 43.2 Å². The van der Waals surface area contributed by atoms with Gasteiger partial charge in [0.05, 0.1) is 17.8 Å². The summed E-state index contributed by atoms with van der Waals surface area (Å²) in [6, 6.07) is 2.12. The summed E-state index contributed by atoms with van der Waals surface area (Å²) in [5.74, 6) is 1.16. The van der Waals surface area contributed by atoms with Gasteiger partial charge in [0, 0.05) is 48.2 Å². The quantitative estimate of drug-likeness (QED) is 0.554. The van der Waals surface area contributed by atoms with E-state index in [0.717, 1.165) is 29.5 Å². The minimum Gasteiger partial charge on any atom is -0.350 e. The number of fused-ring (bicyclic) bond motifs is 2. The first-order valence-corrected chi connectivity index (χ1v) is 9.49. The average molecular weight is 399 g/mol. The van der Waals surface area contributed by atoms with Crippen molar-refractivity contribution in [2.45, 2.75) is 44.4 Å². The van der Waals surface area contributed by atoms with Crippen LogP contribution in [0.25, 0.3) is 22.4 Å². The number of nitrogens with one attached hydrogen (secondary N) is 1. The van der Waals surface area contributed by atoms with Crippen LogP contribution in [0.3, 0.4) is 0 Å². The van der Waals surface area contributed by atoms with Crippen molar-refractivity contribution in [2.75, 3.05) is 5.32 Å². The Hall–Kier alpha value is -3.14. The Balaban J connectivity index is 1.32. The standard InChI is InChI=1S/C19H19F2N7O/c20-17(21)29-14-3-1-13(2-4-14)25-18-23-10-16-15(5-7-28(16)26-18)12-9-24-19-22-6-8-27(19)11-12/h5-11,13-14,17H,1-4H2,(H,25,26). The smallest absolute Gasteiger partial charge is 0.345 e. The fourth-order valence-electron chi connectivity index (χ4n) is 3.84. The second kappa shape index (κ2) is 7.36. The molecule has 0 spiro atoms. The Morgan fingerprint density at radius 3 is 2.76 bits per heavy atom. The first kappa shape index (κ1) is 17.9. The third-order valence-electron chi connectivity index (χ3n) is 5.28. The van der Waals surface area contributed by atoms with Crippen molar-refractivity contribution in [3.63, 3.8) is 0 Å². The van der Waals surface area contributed by atoms with Crippen LogP contribution in [0.1, 0.15) is 25.7 Å². The van der Waals surface area contributed by atoms with Crippen LogP contribution in [0.2, 0.25) is 0 Å². The molecule has 0 bridgehead atoms. The van der Waals surface area contributed by atoms with Gasteiger partial charge < -0.3 is 10.1 Å². The summed E-state index contributed by atoms with van der Waals surface area (Å²) in [5, 5.41) is 7.84. The van der Waals surface area contributed by atoms with Gasteiger partial charge in [0.15, 0.2) is 0 Å². The molecular formula is C19H19F2N7O. The van der Waals surface area contributed by atoms with Crippen LogP contribution >= 0.6 is 0 Å². The van der Waals surface area contributed by atoms with Crippen LogP contribution in [-0.2, 0) is 4.74 Å². The number of nitrogens with zero attached hydrogens (tertiary/aromatic N) is 6. The van der Waals surface area contributed by atoms with Gasteiger partial charge in [-0.3, -0.25) is 4.40 Å². The molecule has 1 aliphatic carbocycles. The molecule has 1 saturated carbocycles. The number of rotatable bonds is 5. The van der Waals surface area contributed by atoms with Crippen molar-refractivity contribution in [1.82, 2.24) is 29.0 Å². The predicted octanol–water partition coefficient (Wildman–Crippen LogP) is 3.40. The summed E-state index contributed by atoms with van der Waals surface area (Å²) >= 11 is 0. The van der Waals surface area contributed by atoms with E-state index in [9.17, 15) is 8.78 Å². The van der Waals surface area contributed by atoms with Gasteiger partial charge in [0.2, 0.25) is 11.7 Å². The van der Waals surface area contributed by atoms with Crippen molar-refractivity contribution >= 4 is 17.2 Å². The summed E-state index contributed by atoms with van der Waals surface area (Å²) in [6.45, 7) is -2.71. The second-order valence-electron chi connectivity index (χ2n) is 7.13. The Bertz CT molecular complexity index is 1130. The highest BCUT2D eigenvalue weighted by molar-refractivity contribution is 5.79. The third kappa shape index (κ3) is 3.63. The summed E-state index contributed by atoms with van der Waals surface area (Å²) < 4.78 is 32.9. The van der Waals surface area contributed by atoms with Crippen molar-refractivity contribution in [3.05, 3.63) is 43.2 Å². The normalized spacial score (nSPS) is 20.0. The van der Waals surface area contributed by atoms with E-state index in [1.54, 1.807) is 23.1 Å². The van der Waals surface area contributed by atoms with Crippen LogP contribution in [0.4, 0.5) is 14.7 Å². The number of hydrogen-bond donors (Lipinski definition) is 1. The fourth-order valence-corrected chi connectivity index (χ4v) is 3.84. The lowest BCUT2D eigenvalue weighted by molar-refractivity contribution is -0.169. The number of imidazole rings is 1. The van der Waals surface area contributed by atoms with E-state index in [4.69, 9.17) is 0 Å².